The molecule has 1 aliphatic rings. The molecule has 0 saturated heterocycles. The first-order chi connectivity index (χ1) is 21.0. The van der Waals surface area contributed by atoms with Gasteiger partial charge in [0.05, 0.1) is 11.9 Å². The van der Waals surface area contributed by atoms with Crippen molar-refractivity contribution in [3.8, 4) is 0 Å². The monoisotopic (exact) mass is 637 g/mol. The van der Waals surface area contributed by atoms with E-state index >= 15 is 0 Å². The Kier molecular flexibility index (Phi) is 11.9. The third kappa shape index (κ3) is 9.32. The zero-order valence-electron chi connectivity index (χ0n) is 26.0. The molecule has 0 unspecified atom stereocenters. The van der Waals surface area contributed by atoms with E-state index in [-0.39, 0.29) is 37.4 Å². The fraction of sp³-hybridized carbons (Fsp3) is 0.429. The number of aryl methyl sites for hydroxylation is 1. The molecule has 1 saturated carbocycles. The molecule has 44 heavy (non-hydrogen) atoms. The number of benzene rings is 3. The second kappa shape index (κ2) is 15.6. The molecule has 1 fully saturated rings. The smallest absolute Gasteiger partial charge is 0.243 e. The molecule has 0 bridgehead atoms. The minimum Gasteiger partial charge on any atom is -0.352 e. The zero-order valence-corrected chi connectivity index (χ0v) is 27.5. The third-order valence-electron chi connectivity index (χ3n) is 8.49. The topological polar surface area (TPSA) is 86.8 Å². The summed E-state index contributed by atoms with van der Waals surface area (Å²) < 4.78 is 27.0. The summed E-state index contributed by atoms with van der Waals surface area (Å²) in [6.45, 7) is 4.24. The summed E-state index contributed by atoms with van der Waals surface area (Å²) in [6, 6.07) is 22.0. The van der Waals surface area contributed by atoms with Crippen LogP contribution in [0.1, 0.15) is 67.2 Å². The summed E-state index contributed by atoms with van der Waals surface area (Å²) in [5, 5.41) is 3.85. The van der Waals surface area contributed by atoms with Crippen molar-refractivity contribution in [3.63, 3.8) is 0 Å². The number of nitrogens with one attached hydrogen (secondary N) is 1. The van der Waals surface area contributed by atoms with E-state index in [4.69, 9.17) is 11.6 Å². The molecular weight excluding hydrogens is 594 g/mol. The summed E-state index contributed by atoms with van der Waals surface area (Å²) in [5.41, 5.74) is 4.32. The van der Waals surface area contributed by atoms with Crippen molar-refractivity contribution in [2.45, 2.75) is 83.8 Å². The molecule has 0 spiro atoms. The van der Waals surface area contributed by atoms with Crippen LogP contribution in [0.25, 0.3) is 0 Å². The average Bonchev–Trinajstić information content (AvgIpc) is 3.00. The molecule has 2 amide bonds. The molecule has 0 aromatic heterocycles. The van der Waals surface area contributed by atoms with Gasteiger partial charge in [0.2, 0.25) is 21.8 Å². The van der Waals surface area contributed by atoms with Crippen molar-refractivity contribution in [3.05, 3.63) is 100 Å². The Hall–Kier alpha value is -3.36. The summed E-state index contributed by atoms with van der Waals surface area (Å²) >= 11 is 6.15. The average molecular weight is 638 g/mol. The predicted molar refractivity (Wildman–Crippen MR) is 178 cm³/mol. The van der Waals surface area contributed by atoms with Gasteiger partial charge in [0.25, 0.3) is 0 Å². The number of hydrogen-bond donors (Lipinski definition) is 1. The highest BCUT2D eigenvalue weighted by molar-refractivity contribution is 7.92. The minimum atomic E-state index is -3.58. The van der Waals surface area contributed by atoms with Crippen molar-refractivity contribution >= 4 is 39.1 Å². The quantitative estimate of drug-likeness (QED) is 0.229. The van der Waals surface area contributed by atoms with E-state index in [0.29, 0.717) is 23.6 Å². The molecular formula is C35H44ClN3O4S. The Morgan fingerprint density at radius 3 is 2.25 bits per heavy atom. The zero-order chi connectivity index (χ0) is 31.7. The molecule has 0 radical (unpaired) electrons. The van der Waals surface area contributed by atoms with E-state index < -0.39 is 16.1 Å². The van der Waals surface area contributed by atoms with Gasteiger partial charge in [0.1, 0.15) is 6.04 Å². The maximum Gasteiger partial charge on any atom is 0.243 e. The van der Waals surface area contributed by atoms with Gasteiger partial charge in [-0.05, 0) is 73.6 Å². The van der Waals surface area contributed by atoms with E-state index in [1.807, 2.05) is 68.4 Å². The second-order valence-corrected chi connectivity index (χ2v) is 14.2. The molecule has 1 atom stereocenters. The largest absolute Gasteiger partial charge is 0.352 e. The summed E-state index contributed by atoms with van der Waals surface area (Å²) in [4.78, 5) is 29.7. The number of carbonyl (C=O) groups excluding carboxylic acids is 2. The van der Waals surface area contributed by atoms with Gasteiger partial charge in [-0.2, -0.15) is 0 Å². The normalized spacial score (nSPS) is 14.5. The number of nitrogens with zero attached hydrogens (tertiary/aromatic N) is 2. The fourth-order valence-corrected chi connectivity index (χ4v) is 7.01. The first-order valence-corrected chi connectivity index (χ1v) is 17.7. The van der Waals surface area contributed by atoms with Gasteiger partial charge in [-0.15, -0.1) is 0 Å². The first-order valence-electron chi connectivity index (χ1n) is 15.4. The number of anilines is 1. The van der Waals surface area contributed by atoms with Gasteiger partial charge < -0.3 is 10.2 Å². The third-order valence-corrected chi connectivity index (χ3v) is 9.92. The van der Waals surface area contributed by atoms with Crippen LogP contribution in [0.2, 0.25) is 5.02 Å². The van der Waals surface area contributed by atoms with Crippen LogP contribution >= 0.6 is 11.6 Å². The Labute approximate surface area is 267 Å². The van der Waals surface area contributed by atoms with E-state index in [1.165, 1.54) is 17.0 Å². The number of halogens is 1. The number of hydrogen-bond acceptors (Lipinski definition) is 4. The van der Waals surface area contributed by atoms with E-state index in [2.05, 4.69) is 5.32 Å². The van der Waals surface area contributed by atoms with Crippen LogP contribution in [0.3, 0.4) is 0 Å². The number of carbonyl (C=O) groups is 2. The highest BCUT2D eigenvalue weighted by atomic mass is 35.5. The summed E-state index contributed by atoms with van der Waals surface area (Å²) in [6.07, 6.45) is 7.17. The Bertz CT molecular complexity index is 1510. The molecule has 1 aliphatic carbocycles. The van der Waals surface area contributed by atoms with Crippen LogP contribution in [0, 0.1) is 13.8 Å². The van der Waals surface area contributed by atoms with Gasteiger partial charge in [-0.25, -0.2) is 8.42 Å². The summed E-state index contributed by atoms with van der Waals surface area (Å²) in [7, 11) is -3.58. The van der Waals surface area contributed by atoms with E-state index in [0.717, 1.165) is 47.9 Å². The van der Waals surface area contributed by atoms with Crippen molar-refractivity contribution < 1.29 is 18.0 Å². The molecule has 4 rings (SSSR count). The van der Waals surface area contributed by atoms with Crippen molar-refractivity contribution in [1.29, 1.82) is 0 Å². The number of sulfonamides is 1. The van der Waals surface area contributed by atoms with Gasteiger partial charge in [-0.3, -0.25) is 13.9 Å². The molecule has 9 heteroatoms. The van der Waals surface area contributed by atoms with Crippen molar-refractivity contribution in [2.24, 2.45) is 0 Å². The van der Waals surface area contributed by atoms with E-state index in [9.17, 15) is 18.0 Å². The van der Waals surface area contributed by atoms with Crippen LogP contribution in [-0.4, -0.2) is 50.0 Å². The van der Waals surface area contributed by atoms with E-state index in [1.54, 1.807) is 23.1 Å². The molecule has 3 aromatic carbocycles. The summed E-state index contributed by atoms with van der Waals surface area (Å²) in [5.74, 6) is -0.356. The maximum atomic E-state index is 14.1. The van der Waals surface area contributed by atoms with Gasteiger partial charge in [0, 0.05) is 37.0 Å². The lowest BCUT2D eigenvalue weighted by atomic mass is 9.94. The SMILES string of the molecule is Cc1cccc(N(CCCC(=O)N(Cc2ccc(Cl)cc2)[C@H](Cc2ccccc2)C(=O)NC2CCCCC2)S(C)(=O)=O)c1C. The van der Waals surface area contributed by atoms with Crippen molar-refractivity contribution in [1.82, 2.24) is 10.2 Å². The highest BCUT2D eigenvalue weighted by Gasteiger charge is 2.32. The molecule has 236 valence electrons. The molecule has 1 N–H and O–H groups in total. The first kappa shape index (κ1) is 33.5. The van der Waals surface area contributed by atoms with Crippen LogP contribution < -0.4 is 9.62 Å². The molecule has 0 heterocycles. The van der Waals surface area contributed by atoms with Crippen molar-refractivity contribution in [2.75, 3.05) is 17.1 Å². The number of amides is 2. The van der Waals surface area contributed by atoms with Gasteiger partial charge in [0.15, 0.2) is 0 Å². The Morgan fingerprint density at radius 1 is 0.909 bits per heavy atom. The molecule has 7 nitrogen and oxygen atoms in total. The fourth-order valence-electron chi connectivity index (χ4n) is 5.87. The van der Waals surface area contributed by atoms with Crippen LogP contribution in [-0.2, 0) is 32.6 Å². The maximum absolute atomic E-state index is 14.1. The van der Waals surface area contributed by atoms with Crippen LogP contribution in [0.4, 0.5) is 5.69 Å². The lowest BCUT2D eigenvalue weighted by molar-refractivity contribution is -0.141. The predicted octanol–water partition coefficient (Wildman–Crippen LogP) is 6.59. The minimum absolute atomic E-state index is 0.0898. The highest BCUT2D eigenvalue weighted by Crippen LogP contribution is 2.26. The van der Waals surface area contributed by atoms with Gasteiger partial charge >= 0.3 is 0 Å². The van der Waals surface area contributed by atoms with Crippen LogP contribution in [0.5, 0.6) is 0 Å². The molecule has 3 aromatic rings. The van der Waals surface area contributed by atoms with Crippen LogP contribution in [0.15, 0.2) is 72.8 Å². The Balaban J connectivity index is 1.60. The Morgan fingerprint density at radius 2 is 1.59 bits per heavy atom. The lowest BCUT2D eigenvalue weighted by Crippen LogP contribution is -2.52. The number of rotatable bonds is 13. The lowest BCUT2D eigenvalue weighted by Gasteiger charge is -2.34. The van der Waals surface area contributed by atoms with Gasteiger partial charge in [-0.1, -0.05) is 85.5 Å². The second-order valence-electron chi connectivity index (χ2n) is 11.9. The standard InChI is InChI=1S/C35H44ClN3O4S/c1-26-12-10-17-32(27(26)2)39(44(3,42)43)23-11-18-34(40)38(25-29-19-21-30(36)22-20-29)33(24-28-13-6-4-7-14-28)35(41)37-31-15-8-5-9-16-31/h4,6-7,10,12-14,17,19-22,31,33H,5,8-9,11,15-16,18,23-25H2,1-3H3,(H,37,41)/t33-/m1/s1. The molecule has 0 aliphatic heterocycles.